The lowest BCUT2D eigenvalue weighted by Crippen LogP contribution is -2.21. The van der Waals surface area contributed by atoms with Crippen molar-refractivity contribution in [1.29, 1.82) is 0 Å². The summed E-state index contributed by atoms with van der Waals surface area (Å²) in [5.41, 5.74) is 3.60. The maximum atomic E-state index is 12.4. The summed E-state index contributed by atoms with van der Waals surface area (Å²) in [6, 6.07) is 18.9. The number of hydrogen-bond acceptors (Lipinski definition) is 5. The van der Waals surface area contributed by atoms with Gasteiger partial charge in [0.05, 0.1) is 13.2 Å². The van der Waals surface area contributed by atoms with Crippen molar-refractivity contribution in [3.8, 4) is 17.2 Å². The molecule has 0 aliphatic rings. The van der Waals surface area contributed by atoms with Crippen LogP contribution < -0.4 is 24.8 Å². The highest BCUT2D eigenvalue weighted by atomic mass is 35.5. The third kappa shape index (κ3) is 7.32. The highest BCUT2D eigenvalue weighted by Crippen LogP contribution is 2.29. The Labute approximate surface area is 199 Å². The van der Waals surface area contributed by atoms with E-state index in [2.05, 4.69) is 10.6 Å². The molecule has 6 nitrogen and oxygen atoms in total. The Bertz CT molecular complexity index is 1070. The van der Waals surface area contributed by atoms with Crippen molar-refractivity contribution in [2.45, 2.75) is 27.3 Å². The second-order valence-corrected chi connectivity index (χ2v) is 7.76. The molecule has 1 amide bonds. The lowest BCUT2D eigenvalue weighted by Gasteiger charge is -2.15. The first-order chi connectivity index (χ1) is 16.0. The highest BCUT2D eigenvalue weighted by Gasteiger charge is 2.11. The van der Waals surface area contributed by atoms with Crippen molar-refractivity contribution in [1.82, 2.24) is 0 Å². The Morgan fingerprint density at radius 2 is 1.64 bits per heavy atom. The number of amides is 1. The van der Waals surface area contributed by atoms with E-state index in [1.54, 1.807) is 12.1 Å². The number of benzene rings is 3. The molecule has 0 atom stereocenters. The number of nitrogens with one attached hydrogen (secondary N) is 2. The summed E-state index contributed by atoms with van der Waals surface area (Å²) in [6.45, 7) is 7.37. The molecule has 3 rings (SSSR count). The highest BCUT2D eigenvalue weighted by molar-refractivity contribution is 6.31. The number of carbonyl (C=O) groups excluding carboxylic acids is 1. The maximum Gasteiger partial charge on any atom is 0.262 e. The molecule has 3 aromatic carbocycles. The first-order valence-corrected chi connectivity index (χ1v) is 11.3. The molecule has 0 saturated heterocycles. The monoisotopic (exact) mass is 468 g/mol. The van der Waals surface area contributed by atoms with Gasteiger partial charge in [-0.2, -0.15) is 0 Å². The van der Waals surface area contributed by atoms with Gasteiger partial charge in [-0.3, -0.25) is 4.79 Å². The predicted molar refractivity (Wildman–Crippen MR) is 133 cm³/mol. The van der Waals surface area contributed by atoms with Crippen LogP contribution in [0.5, 0.6) is 17.2 Å². The topological polar surface area (TPSA) is 68.8 Å². The maximum absolute atomic E-state index is 12.4. The summed E-state index contributed by atoms with van der Waals surface area (Å²) in [6.07, 6.45) is 0. The third-order valence-corrected chi connectivity index (χ3v) is 5.04. The van der Waals surface area contributed by atoms with E-state index in [4.69, 9.17) is 25.8 Å². The molecule has 174 valence electrons. The molecule has 0 bridgehead atoms. The zero-order valence-electron chi connectivity index (χ0n) is 19.1. The minimum absolute atomic E-state index is 0.143. The molecule has 0 saturated carbocycles. The molecule has 0 spiro atoms. The molecular formula is C26H29ClN2O4. The number of rotatable bonds is 11. The van der Waals surface area contributed by atoms with Crippen LogP contribution in [0.2, 0.25) is 5.02 Å². The van der Waals surface area contributed by atoms with Crippen LogP contribution in [0.25, 0.3) is 0 Å². The molecule has 0 aliphatic heterocycles. The van der Waals surface area contributed by atoms with E-state index in [-0.39, 0.29) is 12.5 Å². The number of ether oxygens (including phenoxy) is 3. The fraction of sp³-hybridized carbons (Fsp3) is 0.269. The fourth-order valence-corrected chi connectivity index (χ4v) is 3.32. The molecule has 0 aromatic heterocycles. The van der Waals surface area contributed by atoms with E-state index in [1.165, 1.54) is 0 Å². The molecule has 0 fully saturated rings. The average Bonchev–Trinajstić information content (AvgIpc) is 2.81. The minimum atomic E-state index is -0.274. The summed E-state index contributed by atoms with van der Waals surface area (Å²) in [5.74, 6) is 1.68. The number of anilines is 2. The van der Waals surface area contributed by atoms with Crippen LogP contribution in [-0.4, -0.2) is 25.7 Å². The van der Waals surface area contributed by atoms with Crippen LogP contribution in [0.15, 0.2) is 60.7 Å². The normalized spacial score (nSPS) is 10.4. The molecule has 33 heavy (non-hydrogen) atoms. The Morgan fingerprint density at radius 1 is 0.879 bits per heavy atom. The van der Waals surface area contributed by atoms with E-state index < -0.39 is 0 Å². The van der Waals surface area contributed by atoms with E-state index in [0.29, 0.717) is 42.0 Å². The van der Waals surface area contributed by atoms with Crippen molar-refractivity contribution < 1.29 is 19.0 Å². The van der Waals surface area contributed by atoms with E-state index >= 15 is 0 Å². The van der Waals surface area contributed by atoms with Gasteiger partial charge in [0.1, 0.15) is 5.75 Å². The lowest BCUT2D eigenvalue weighted by atomic mass is 10.2. The lowest BCUT2D eigenvalue weighted by molar-refractivity contribution is -0.118. The standard InChI is InChI=1S/C26H29ClN2O4/c1-4-31-22-11-9-21(10-12-22)28-16-19-7-13-24(25(14-19)32-5-2)33-17-26(30)29-23-15-20(27)8-6-18(23)3/h6-15,28H,4-5,16-17H2,1-3H3,(H,29,30). The SMILES string of the molecule is CCOc1ccc(NCc2ccc(OCC(=O)Nc3cc(Cl)ccc3C)c(OCC)c2)cc1. The molecule has 2 N–H and O–H groups in total. The van der Waals surface area contributed by atoms with Gasteiger partial charge in [-0.1, -0.05) is 23.7 Å². The van der Waals surface area contributed by atoms with Crippen molar-refractivity contribution in [2.24, 2.45) is 0 Å². The van der Waals surface area contributed by atoms with Crippen LogP contribution in [0.3, 0.4) is 0 Å². The van der Waals surface area contributed by atoms with Gasteiger partial charge >= 0.3 is 0 Å². The van der Waals surface area contributed by atoms with Gasteiger partial charge in [0.2, 0.25) is 0 Å². The van der Waals surface area contributed by atoms with Gasteiger partial charge in [0.15, 0.2) is 18.1 Å². The molecule has 3 aromatic rings. The van der Waals surface area contributed by atoms with Crippen molar-refractivity contribution in [3.63, 3.8) is 0 Å². The number of hydrogen-bond donors (Lipinski definition) is 2. The average molecular weight is 469 g/mol. The summed E-state index contributed by atoms with van der Waals surface area (Å²) in [5, 5.41) is 6.77. The quantitative estimate of drug-likeness (QED) is 0.357. The summed E-state index contributed by atoms with van der Waals surface area (Å²) < 4.78 is 17.0. The zero-order valence-corrected chi connectivity index (χ0v) is 19.9. The van der Waals surface area contributed by atoms with Crippen LogP contribution in [0.4, 0.5) is 11.4 Å². The Morgan fingerprint density at radius 3 is 2.36 bits per heavy atom. The van der Waals surface area contributed by atoms with Crippen LogP contribution in [0, 0.1) is 6.92 Å². The first-order valence-electron chi connectivity index (χ1n) is 10.9. The molecule has 0 aliphatic carbocycles. The molecular weight excluding hydrogens is 440 g/mol. The number of aryl methyl sites for hydroxylation is 1. The van der Waals surface area contributed by atoms with Crippen LogP contribution in [-0.2, 0) is 11.3 Å². The Balaban J connectivity index is 1.59. The summed E-state index contributed by atoms with van der Waals surface area (Å²) >= 11 is 6.02. The van der Waals surface area contributed by atoms with Gasteiger partial charge in [0, 0.05) is 22.9 Å². The van der Waals surface area contributed by atoms with Gasteiger partial charge < -0.3 is 24.8 Å². The summed E-state index contributed by atoms with van der Waals surface area (Å²) in [7, 11) is 0. The third-order valence-electron chi connectivity index (χ3n) is 4.80. The smallest absolute Gasteiger partial charge is 0.262 e. The van der Waals surface area contributed by atoms with E-state index in [0.717, 1.165) is 22.6 Å². The predicted octanol–water partition coefficient (Wildman–Crippen LogP) is 6.08. The van der Waals surface area contributed by atoms with Crippen LogP contribution in [0.1, 0.15) is 25.0 Å². The van der Waals surface area contributed by atoms with Crippen molar-refractivity contribution in [3.05, 3.63) is 76.8 Å². The number of carbonyl (C=O) groups is 1. The van der Waals surface area contributed by atoms with Gasteiger partial charge in [-0.15, -0.1) is 0 Å². The molecule has 0 unspecified atom stereocenters. The van der Waals surface area contributed by atoms with Crippen molar-refractivity contribution >= 4 is 28.9 Å². The Kier molecular flexibility index (Phi) is 8.84. The van der Waals surface area contributed by atoms with Crippen LogP contribution >= 0.6 is 11.6 Å². The zero-order chi connectivity index (χ0) is 23.6. The van der Waals surface area contributed by atoms with Gasteiger partial charge in [-0.25, -0.2) is 0 Å². The van der Waals surface area contributed by atoms with Gasteiger partial charge in [-0.05, 0) is 80.4 Å². The Hall–Kier alpha value is -3.38. The molecule has 7 heteroatoms. The molecule has 0 radical (unpaired) electrons. The minimum Gasteiger partial charge on any atom is -0.494 e. The van der Waals surface area contributed by atoms with Gasteiger partial charge in [0.25, 0.3) is 5.91 Å². The second kappa shape index (κ2) is 12.0. The largest absolute Gasteiger partial charge is 0.494 e. The fourth-order valence-electron chi connectivity index (χ4n) is 3.15. The van der Waals surface area contributed by atoms with E-state index in [9.17, 15) is 4.79 Å². The first kappa shape index (κ1) is 24.3. The van der Waals surface area contributed by atoms with Crippen molar-refractivity contribution in [2.75, 3.05) is 30.5 Å². The molecule has 0 heterocycles. The van der Waals surface area contributed by atoms with E-state index in [1.807, 2.05) is 69.3 Å². The summed E-state index contributed by atoms with van der Waals surface area (Å²) in [4.78, 5) is 12.4. The second-order valence-electron chi connectivity index (χ2n) is 7.32. The number of halogens is 1.